The molecule has 1 heterocycles. The fraction of sp³-hybridized carbons (Fsp3) is 0.435. The number of hydrogen-bond acceptors (Lipinski definition) is 5. The predicted molar refractivity (Wildman–Crippen MR) is 112 cm³/mol. The maximum Gasteiger partial charge on any atom is 0.338 e. The second-order valence-electron chi connectivity index (χ2n) is 7.89. The summed E-state index contributed by atoms with van der Waals surface area (Å²) in [5, 5.41) is 5.73. The number of ether oxygens (including phenoxy) is 1. The topological polar surface area (TPSA) is 97.6 Å². The summed E-state index contributed by atoms with van der Waals surface area (Å²) >= 11 is 0. The highest BCUT2D eigenvalue weighted by atomic mass is 16.5. The molecular weight excluding hydrogens is 384 g/mol. The van der Waals surface area contributed by atoms with Crippen LogP contribution in [0.15, 0.2) is 41.0 Å². The number of hydrogen-bond donors (Lipinski definition) is 2. The van der Waals surface area contributed by atoms with Gasteiger partial charge in [-0.25, -0.2) is 4.79 Å². The van der Waals surface area contributed by atoms with Crippen molar-refractivity contribution in [2.75, 3.05) is 5.32 Å². The van der Waals surface area contributed by atoms with Crippen molar-refractivity contribution in [3.05, 3.63) is 53.5 Å². The molecule has 2 amide bonds. The maximum absolute atomic E-state index is 12.6. The summed E-state index contributed by atoms with van der Waals surface area (Å²) in [6.07, 6.45) is 4.83. The second-order valence-corrected chi connectivity index (χ2v) is 7.89. The van der Waals surface area contributed by atoms with E-state index in [9.17, 15) is 14.4 Å². The number of furan rings is 1. The lowest BCUT2D eigenvalue weighted by Gasteiger charge is -2.30. The molecule has 0 radical (unpaired) electrons. The molecular formula is C23H28N2O5. The van der Waals surface area contributed by atoms with Gasteiger partial charge in [0.15, 0.2) is 11.9 Å². The average molecular weight is 412 g/mol. The van der Waals surface area contributed by atoms with Gasteiger partial charge in [-0.2, -0.15) is 0 Å². The monoisotopic (exact) mass is 412 g/mol. The van der Waals surface area contributed by atoms with Crippen LogP contribution in [0.4, 0.5) is 5.69 Å². The van der Waals surface area contributed by atoms with E-state index in [2.05, 4.69) is 17.6 Å². The normalized spacial score (nSPS) is 19.6. The summed E-state index contributed by atoms with van der Waals surface area (Å²) in [5.74, 6) is -0.737. The lowest BCUT2D eigenvalue weighted by Crippen LogP contribution is -2.46. The lowest BCUT2D eigenvalue weighted by atomic mass is 9.86. The molecule has 1 fully saturated rings. The van der Waals surface area contributed by atoms with Crippen LogP contribution < -0.4 is 10.6 Å². The zero-order chi connectivity index (χ0) is 21.7. The molecule has 7 nitrogen and oxygen atoms in total. The van der Waals surface area contributed by atoms with E-state index in [1.165, 1.54) is 18.8 Å². The van der Waals surface area contributed by atoms with Gasteiger partial charge in [0.05, 0.1) is 11.8 Å². The Labute approximate surface area is 176 Å². The molecule has 1 aliphatic carbocycles. The van der Waals surface area contributed by atoms with E-state index in [0.29, 0.717) is 11.6 Å². The minimum Gasteiger partial charge on any atom is -0.459 e. The summed E-state index contributed by atoms with van der Waals surface area (Å²) in [6, 6.07) is 8.14. The average Bonchev–Trinajstić information content (AvgIpc) is 3.26. The highest BCUT2D eigenvalue weighted by Gasteiger charge is 2.26. The lowest BCUT2D eigenvalue weighted by molar-refractivity contribution is -0.130. The van der Waals surface area contributed by atoms with Crippen molar-refractivity contribution in [1.82, 2.24) is 5.32 Å². The third-order valence-corrected chi connectivity index (χ3v) is 5.56. The fourth-order valence-electron chi connectivity index (χ4n) is 3.59. The van der Waals surface area contributed by atoms with Crippen molar-refractivity contribution in [3.63, 3.8) is 0 Å². The van der Waals surface area contributed by atoms with E-state index in [1.807, 2.05) is 6.92 Å². The number of esters is 1. The SMILES string of the molecule is Cc1ccc(C(=O)O[C@@H](C)C(=O)N[C@H]2CCCC[C@@H]2C)cc1NC(=O)c1ccco1. The molecule has 1 aromatic heterocycles. The van der Waals surface area contributed by atoms with E-state index in [0.717, 1.165) is 24.8 Å². The number of nitrogens with one attached hydrogen (secondary N) is 2. The third-order valence-electron chi connectivity index (χ3n) is 5.56. The van der Waals surface area contributed by atoms with Gasteiger partial charge in [-0.3, -0.25) is 9.59 Å². The minimum atomic E-state index is -0.908. The number of carbonyl (C=O) groups excluding carboxylic acids is 3. The molecule has 160 valence electrons. The molecule has 0 spiro atoms. The number of amides is 2. The summed E-state index contributed by atoms with van der Waals surface area (Å²) in [6.45, 7) is 5.51. The van der Waals surface area contributed by atoms with Crippen LogP contribution in [0.1, 0.15) is 66.0 Å². The number of benzene rings is 1. The van der Waals surface area contributed by atoms with Gasteiger partial charge in [-0.1, -0.05) is 25.8 Å². The first kappa shape index (κ1) is 21.6. The number of carbonyl (C=O) groups is 3. The third kappa shape index (κ3) is 5.28. The maximum atomic E-state index is 12.6. The second kappa shape index (κ2) is 9.61. The molecule has 1 aliphatic rings. The molecule has 30 heavy (non-hydrogen) atoms. The molecule has 0 aliphatic heterocycles. The van der Waals surface area contributed by atoms with Crippen LogP contribution in [-0.2, 0) is 9.53 Å². The van der Waals surface area contributed by atoms with Crippen molar-refractivity contribution < 1.29 is 23.5 Å². The van der Waals surface area contributed by atoms with Gasteiger partial charge in [0.1, 0.15) is 0 Å². The van der Waals surface area contributed by atoms with E-state index in [-0.39, 0.29) is 23.3 Å². The molecule has 2 N–H and O–H groups in total. The molecule has 0 bridgehead atoms. The standard InChI is InChI=1S/C23H28N2O5/c1-14-7-4-5-8-18(14)24-21(26)16(3)30-23(28)17-11-10-15(2)19(13-17)25-22(27)20-9-6-12-29-20/h6,9-14,16,18H,4-5,7-8H2,1-3H3,(H,24,26)(H,25,27)/t14-,16-,18-/m0/s1. The van der Waals surface area contributed by atoms with Gasteiger partial charge in [0, 0.05) is 11.7 Å². The minimum absolute atomic E-state index is 0.121. The first-order valence-corrected chi connectivity index (χ1v) is 10.3. The van der Waals surface area contributed by atoms with Crippen LogP contribution >= 0.6 is 0 Å². The van der Waals surface area contributed by atoms with Crippen molar-refractivity contribution in [3.8, 4) is 0 Å². The Kier molecular flexibility index (Phi) is 6.92. The van der Waals surface area contributed by atoms with Crippen molar-refractivity contribution >= 4 is 23.5 Å². The number of aryl methyl sites for hydroxylation is 1. The highest BCUT2D eigenvalue weighted by molar-refractivity contribution is 6.03. The Balaban J connectivity index is 1.61. The van der Waals surface area contributed by atoms with Gasteiger partial charge in [0.2, 0.25) is 0 Å². The summed E-state index contributed by atoms with van der Waals surface area (Å²) in [7, 11) is 0. The zero-order valence-electron chi connectivity index (χ0n) is 17.6. The summed E-state index contributed by atoms with van der Waals surface area (Å²) < 4.78 is 10.5. The molecule has 7 heteroatoms. The van der Waals surface area contributed by atoms with Crippen LogP contribution in [0.25, 0.3) is 0 Å². The molecule has 3 rings (SSSR count). The van der Waals surface area contributed by atoms with Crippen molar-refractivity contribution in [1.29, 1.82) is 0 Å². The molecule has 1 saturated carbocycles. The quantitative estimate of drug-likeness (QED) is 0.697. The van der Waals surface area contributed by atoms with Crippen LogP contribution in [-0.4, -0.2) is 29.9 Å². The van der Waals surface area contributed by atoms with E-state index in [1.54, 1.807) is 31.2 Å². The van der Waals surface area contributed by atoms with Crippen molar-refractivity contribution in [2.45, 2.75) is 58.6 Å². The molecule has 2 aromatic rings. The Hall–Kier alpha value is -3.09. The first-order valence-electron chi connectivity index (χ1n) is 10.3. The molecule has 0 unspecified atom stereocenters. The van der Waals surface area contributed by atoms with E-state index >= 15 is 0 Å². The molecule has 0 saturated heterocycles. The van der Waals surface area contributed by atoms with Crippen LogP contribution in [0, 0.1) is 12.8 Å². The van der Waals surface area contributed by atoms with Crippen molar-refractivity contribution in [2.24, 2.45) is 5.92 Å². The summed E-state index contributed by atoms with van der Waals surface area (Å²) in [4.78, 5) is 37.2. The largest absolute Gasteiger partial charge is 0.459 e. The fourth-order valence-corrected chi connectivity index (χ4v) is 3.59. The molecule has 1 aromatic carbocycles. The van der Waals surface area contributed by atoms with Gasteiger partial charge < -0.3 is 19.8 Å². The van der Waals surface area contributed by atoms with E-state index in [4.69, 9.17) is 9.15 Å². The van der Waals surface area contributed by atoms with Gasteiger partial charge >= 0.3 is 5.97 Å². The summed E-state index contributed by atoms with van der Waals surface area (Å²) in [5.41, 5.74) is 1.50. The Morgan fingerprint density at radius 1 is 1.17 bits per heavy atom. The van der Waals surface area contributed by atoms with Gasteiger partial charge in [0.25, 0.3) is 11.8 Å². The Morgan fingerprint density at radius 3 is 2.63 bits per heavy atom. The predicted octanol–water partition coefficient (Wildman–Crippen LogP) is 4.08. The number of rotatable bonds is 6. The Bertz CT molecular complexity index is 906. The van der Waals surface area contributed by atoms with Crippen LogP contribution in [0.3, 0.4) is 0 Å². The Morgan fingerprint density at radius 2 is 1.93 bits per heavy atom. The number of anilines is 1. The smallest absolute Gasteiger partial charge is 0.338 e. The highest BCUT2D eigenvalue weighted by Crippen LogP contribution is 2.24. The van der Waals surface area contributed by atoms with Crippen LogP contribution in [0.5, 0.6) is 0 Å². The zero-order valence-corrected chi connectivity index (χ0v) is 17.6. The van der Waals surface area contributed by atoms with Gasteiger partial charge in [-0.05, 0) is 62.4 Å². The van der Waals surface area contributed by atoms with Gasteiger partial charge in [-0.15, -0.1) is 0 Å². The first-order chi connectivity index (χ1) is 14.3. The van der Waals surface area contributed by atoms with E-state index < -0.39 is 18.0 Å². The molecule has 3 atom stereocenters. The van der Waals surface area contributed by atoms with Crippen LogP contribution in [0.2, 0.25) is 0 Å².